The monoisotopic (exact) mass is 384 g/mol. The van der Waals surface area contributed by atoms with E-state index in [2.05, 4.69) is 50.8 Å². The minimum Gasteiger partial charge on any atom is -0.371 e. The van der Waals surface area contributed by atoms with Crippen LogP contribution >= 0.6 is 0 Å². The van der Waals surface area contributed by atoms with Crippen molar-refractivity contribution in [1.82, 2.24) is 15.5 Å². The number of carbonyl (C=O) groups excluding carboxylic acids is 1. The molecule has 0 aromatic heterocycles. The van der Waals surface area contributed by atoms with Gasteiger partial charge in [-0.1, -0.05) is 31.0 Å². The van der Waals surface area contributed by atoms with E-state index in [0.29, 0.717) is 12.0 Å². The predicted molar refractivity (Wildman–Crippen MR) is 115 cm³/mol. The summed E-state index contributed by atoms with van der Waals surface area (Å²) in [5, 5.41) is 6.33. The van der Waals surface area contributed by atoms with Crippen molar-refractivity contribution in [1.29, 1.82) is 0 Å². The van der Waals surface area contributed by atoms with Gasteiger partial charge in [-0.25, -0.2) is 4.79 Å². The van der Waals surface area contributed by atoms with Crippen molar-refractivity contribution in [2.45, 2.75) is 51.0 Å². The van der Waals surface area contributed by atoms with E-state index in [1.165, 1.54) is 37.9 Å². The molecule has 2 saturated heterocycles. The van der Waals surface area contributed by atoms with Crippen LogP contribution in [-0.4, -0.2) is 56.2 Å². The van der Waals surface area contributed by atoms with E-state index in [-0.39, 0.29) is 6.03 Å². The molecule has 4 rings (SSSR count). The van der Waals surface area contributed by atoms with Crippen molar-refractivity contribution in [3.05, 3.63) is 30.3 Å². The third-order valence-electron chi connectivity index (χ3n) is 6.87. The lowest BCUT2D eigenvalue weighted by atomic mass is 10.0. The first kappa shape index (κ1) is 19.6. The second-order valence-electron chi connectivity index (χ2n) is 9.02. The molecule has 5 nitrogen and oxygen atoms in total. The highest BCUT2D eigenvalue weighted by Gasteiger charge is 2.25. The van der Waals surface area contributed by atoms with Crippen LogP contribution < -0.4 is 15.5 Å². The highest BCUT2D eigenvalue weighted by Crippen LogP contribution is 2.26. The van der Waals surface area contributed by atoms with Crippen LogP contribution in [-0.2, 0) is 0 Å². The molecule has 0 unspecified atom stereocenters. The average Bonchev–Trinajstić information content (AvgIpc) is 3.41. The van der Waals surface area contributed by atoms with E-state index in [0.717, 1.165) is 57.9 Å². The molecule has 154 valence electrons. The van der Waals surface area contributed by atoms with Gasteiger partial charge in [0, 0.05) is 51.0 Å². The summed E-state index contributed by atoms with van der Waals surface area (Å²) >= 11 is 0. The van der Waals surface area contributed by atoms with Crippen LogP contribution in [0, 0.1) is 11.8 Å². The van der Waals surface area contributed by atoms with Gasteiger partial charge in [-0.2, -0.15) is 0 Å². The maximum Gasteiger partial charge on any atom is 0.315 e. The van der Waals surface area contributed by atoms with Crippen LogP contribution in [0.1, 0.15) is 44.9 Å². The molecule has 0 radical (unpaired) electrons. The molecule has 2 amide bonds. The molecule has 2 aliphatic heterocycles. The van der Waals surface area contributed by atoms with E-state index in [1.54, 1.807) is 0 Å². The summed E-state index contributed by atoms with van der Waals surface area (Å²) in [6.45, 7) is 6.43. The number of benzene rings is 1. The summed E-state index contributed by atoms with van der Waals surface area (Å²) in [5.74, 6) is 1.47. The van der Waals surface area contributed by atoms with E-state index >= 15 is 0 Å². The van der Waals surface area contributed by atoms with Crippen LogP contribution in [0.25, 0.3) is 0 Å². The molecule has 0 spiro atoms. The summed E-state index contributed by atoms with van der Waals surface area (Å²) < 4.78 is 0. The molecule has 2 heterocycles. The number of amides is 2. The summed E-state index contributed by atoms with van der Waals surface area (Å²) in [6, 6.07) is 10.9. The molecule has 3 aliphatic rings. The zero-order valence-corrected chi connectivity index (χ0v) is 17.1. The van der Waals surface area contributed by atoms with Crippen LogP contribution in [0.2, 0.25) is 0 Å². The number of likely N-dealkylation sites (tertiary alicyclic amines) is 1. The molecule has 2 N–H and O–H groups in total. The number of carbonyl (C=O) groups is 1. The third-order valence-corrected chi connectivity index (χ3v) is 6.87. The van der Waals surface area contributed by atoms with Crippen LogP contribution in [0.15, 0.2) is 30.3 Å². The van der Waals surface area contributed by atoms with Gasteiger partial charge >= 0.3 is 6.03 Å². The standard InChI is InChI=1S/C23H36N4O/c28-23(24-16-20-10-15-27(18-20)22-8-2-1-3-9-22)25-21-11-13-26(14-12-21)17-19-6-4-5-7-19/h1-3,8-9,19-21H,4-7,10-18H2,(H2,24,25,28)/t20-/m1/s1. The number of nitrogens with zero attached hydrogens (tertiary/aromatic N) is 2. The number of hydrogen-bond acceptors (Lipinski definition) is 3. The van der Waals surface area contributed by atoms with Gasteiger partial charge < -0.3 is 20.4 Å². The number of nitrogens with one attached hydrogen (secondary N) is 2. The van der Waals surface area contributed by atoms with Crippen molar-refractivity contribution in [3.63, 3.8) is 0 Å². The maximum atomic E-state index is 12.3. The molecule has 1 atom stereocenters. The Bertz CT molecular complexity index is 608. The Balaban J connectivity index is 1.11. The van der Waals surface area contributed by atoms with Gasteiger partial charge in [-0.05, 0) is 56.1 Å². The van der Waals surface area contributed by atoms with E-state index < -0.39 is 0 Å². The van der Waals surface area contributed by atoms with Gasteiger partial charge in [0.1, 0.15) is 0 Å². The first-order chi connectivity index (χ1) is 13.8. The van der Waals surface area contributed by atoms with Gasteiger partial charge in [-0.3, -0.25) is 0 Å². The Hall–Kier alpha value is -1.75. The lowest BCUT2D eigenvalue weighted by Crippen LogP contribution is -2.49. The topological polar surface area (TPSA) is 47.6 Å². The van der Waals surface area contributed by atoms with Crippen LogP contribution in [0.5, 0.6) is 0 Å². The van der Waals surface area contributed by atoms with Gasteiger partial charge in [0.05, 0.1) is 0 Å². The van der Waals surface area contributed by atoms with Crippen molar-refractivity contribution in [3.8, 4) is 0 Å². The Morgan fingerprint density at radius 1 is 0.929 bits per heavy atom. The van der Waals surface area contributed by atoms with Crippen LogP contribution in [0.4, 0.5) is 10.5 Å². The molecule has 3 fully saturated rings. The van der Waals surface area contributed by atoms with Crippen molar-refractivity contribution in [2.24, 2.45) is 11.8 Å². The smallest absolute Gasteiger partial charge is 0.315 e. The number of urea groups is 1. The SMILES string of the molecule is O=C(NC[C@H]1CCN(c2ccccc2)C1)NC1CCN(CC2CCCC2)CC1. The predicted octanol–water partition coefficient (Wildman–Crippen LogP) is 3.47. The van der Waals surface area contributed by atoms with Crippen molar-refractivity contribution in [2.75, 3.05) is 44.2 Å². The highest BCUT2D eigenvalue weighted by molar-refractivity contribution is 5.74. The lowest BCUT2D eigenvalue weighted by molar-refractivity contribution is 0.171. The first-order valence-electron chi connectivity index (χ1n) is 11.3. The van der Waals surface area contributed by atoms with Crippen LogP contribution in [0.3, 0.4) is 0 Å². The highest BCUT2D eigenvalue weighted by atomic mass is 16.2. The summed E-state index contributed by atoms with van der Waals surface area (Å²) in [5.41, 5.74) is 1.29. The Kier molecular flexibility index (Phi) is 6.73. The molecule has 5 heteroatoms. The first-order valence-corrected chi connectivity index (χ1v) is 11.3. The Morgan fingerprint density at radius 2 is 1.68 bits per heavy atom. The van der Waals surface area contributed by atoms with E-state index in [9.17, 15) is 4.79 Å². The average molecular weight is 385 g/mol. The zero-order valence-electron chi connectivity index (χ0n) is 17.1. The minimum atomic E-state index is 0.0207. The molecule has 1 aromatic rings. The molecule has 1 aromatic carbocycles. The largest absolute Gasteiger partial charge is 0.371 e. The van der Waals surface area contributed by atoms with Gasteiger partial charge in [0.15, 0.2) is 0 Å². The number of hydrogen-bond donors (Lipinski definition) is 2. The van der Waals surface area contributed by atoms with E-state index in [4.69, 9.17) is 0 Å². The number of piperidine rings is 1. The maximum absolute atomic E-state index is 12.3. The normalized spacial score (nSPS) is 24.6. The fraction of sp³-hybridized carbons (Fsp3) is 0.696. The number of rotatable bonds is 6. The van der Waals surface area contributed by atoms with Crippen molar-refractivity contribution < 1.29 is 4.79 Å². The lowest BCUT2D eigenvalue weighted by Gasteiger charge is -2.33. The van der Waals surface area contributed by atoms with E-state index in [1.807, 2.05) is 0 Å². The number of para-hydroxylation sites is 1. The fourth-order valence-corrected chi connectivity index (χ4v) is 5.16. The quantitative estimate of drug-likeness (QED) is 0.790. The molecule has 1 saturated carbocycles. The van der Waals surface area contributed by atoms with Gasteiger partial charge in [0.25, 0.3) is 0 Å². The Morgan fingerprint density at radius 3 is 2.43 bits per heavy atom. The second kappa shape index (κ2) is 9.64. The molecular weight excluding hydrogens is 348 g/mol. The summed E-state index contributed by atoms with van der Waals surface area (Å²) in [4.78, 5) is 17.4. The van der Waals surface area contributed by atoms with Gasteiger partial charge in [0.2, 0.25) is 0 Å². The minimum absolute atomic E-state index is 0.0207. The second-order valence-corrected chi connectivity index (χ2v) is 9.02. The molecule has 0 bridgehead atoms. The Labute approximate surface area is 169 Å². The molecule has 28 heavy (non-hydrogen) atoms. The zero-order chi connectivity index (χ0) is 19.2. The molecular formula is C23H36N4O. The summed E-state index contributed by atoms with van der Waals surface area (Å²) in [7, 11) is 0. The number of anilines is 1. The fourth-order valence-electron chi connectivity index (χ4n) is 5.16. The van der Waals surface area contributed by atoms with Crippen molar-refractivity contribution >= 4 is 11.7 Å². The third kappa shape index (κ3) is 5.40. The summed E-state index contributed by atoms with van der Waals surface area (Å²) in [6.07, 6.45) is 9.01. The van der Waals surface area contributed by atoms with Gasteiger partial charge in [-0.15, -0.1) is 0 Å². The molecule has 1 aliphatic carbocycles.